The average molecular weight is 271 g/mol. The van der Waals surface area contributed by atoms with Gasteiger partial charge >= 0.3 is 0 Å². The lowest BCUT2D eigenvalue weighted by Gasteiger charge is -2.21. The van der Waals surface area contributed by atoms with Crippen LogP contribution in [0.25, 0.3) is 0 Å². The number of ether oxygens (including phenoxy) is 1. The summed E-state index contributed by atoms with van der Waals surface area (Å²) in [4.78, 5) is 14.0. The summed E-state index contributed by atoms with van der Waals surface area (Å²) >= 11 is 0. The highest BCUT2D eigenvalue weighted by molar-refractivity contribution is 5.78. The molecular weight excluding hydrogens is 250 g/mol. The molecule has 1 aliphatic carbocycles. The number of allylic oxidation sites excluding steroid dienone is 1. The predicted octanol–water partition coefficient (Wildman–Crippen LogP) is 2.95. The Labute approximate surface area is 120 Å². The van der Waals surface area contributed by atoms with Crippen LogP contribution in [0.15, 0.2) is 35.9 Å². The molecule has 1 amide bonds. The molecular formula is C17H21NO2. The van der Waals surface area contributed by atoms with Crippen molar-refractivity contribution in [3.05, 3.63) is 41.5 Å². The molecule has 0 saturated heterocycles. The molecule has 1 aromatic rings. The van der Waals surface area contributed by atoms with E-state index in [1.54, 1.807) is 0 Å². The maximum Gasteiger partial charge on any atom is 0.226 e. The maximum absolute atomic E-state index is 12.2. The van der Waals surface area contributed by atoms with Gasteiger partial charge in [-0.25, -0.2) is 0 Å². The molecule has 0 spiro atoms. The normalized spacial score (nSPS) is 20.2. The number of fused-ring (bicyclic) bond motifs is 1. The standard InChI is InChI=1S/C17H21NO2/c1-18(17(19)10-13-6-2-3-7-13)12-15-11-14-8-4-5-9-16(14)20-15/h4-6,8-9,15H,2-3,7,10-12H2,1H3. The number of hydrogen-bond acceptors (Lipinski definition) is 2. The van der Waals surface area contributed by atoms with Gasteiger partial charge in [0.1, 0.15) is 11.9 Å². The smallest absolute Gasteiger partial charge is 0.226 e. The lowest BCUT2D eigenvalue weighted by molar-refractivity contribution is -0.130. The van der Waals surface area contributed by atoms with Gasteiger partial charge in [0.15, 0.2) is 0 Å². The third-order valence-electron chi connectivity index (χ3n) is 4.13. The minimum absolute atomic E-state index is 0.0962. The van der Waals surface area contributed by atoms with Gasteiger partial charge in [-0.05, 0) is 30.9 Å². The Kier molecular flexibility index (Phi) is 3.77. The van der Waals surface area contributed by atoms with E-state index in [0.717, 1.165) is 25.0 Å². The van der Waals surface area contributed by atoms with Crippen molar-refractivity contribution < 1.29 is 9.53 Å². The lowest BCUT2D eigenvalue weighted by Crippen LogP contribution is -2.36. The second-order valence-electron chi connectivity index (χ2n) is 5.76. The van der Waals surface area contributed by atoms with E-state index in [9.17, 15) is 4.79 Å². The molecule has 20 heavy (non-hydrogen) atoms. The number of carbonyl (C=O) groups excluding carboxylic acids is 1. The number of nitrogens with zero attached hydrogens (tertiary/aromatic N) is 1. The first-order chi connectivity index (χ1) is 9.72. The van der Waals surface area contributed by atoms with E-state index < -0.39 is 0 Å². The molecule has 0 fully saturated rings. The second-order valence-corrected chi connectivity index (χ2v) is 5.76. The molecule has 1 atom stereocenters. The first-order valence-electron chi connectivity index (χ1n) is 7.39. The minimum Gasteiger partial charge on any atom is -0.488 e. The SMILES string of the molecule is CN(CC1Cc2ccccc2O1)C(=O)CC1=CCCC1. The highest BCUT2D eigenvalue weighted by Gasteiger charge is 2.25. The number of para-hydroxylation sites is 1. The van der Waals surface area contributed by atoms with Gasteiger partial charge in [-0.1, -0.05) is 29.8 Å². The van der Waals surface area contributed by atoms with Gasteiger partial charge in [0, 0.05) is 19.9 Å². The molecule has 3 nitrogen and oxygen atoms in total. The molecule has 1 heterocycles. The Morgan fingerprint density at radius 2 is 2.25 bits per heavy atom. The zero-order valence-electron chi connectivity index (χ0n) is 12.0. The Morgan fingerprint density at radius 1 is 1.40 bits per heavy atom. The first kappa shape index (κ1) is 13.2. The number of carbonyl (C=O) groups is 1. The summed E-state index contributed by atoms with van der Waals surface area (Å²) in [5, 5.41) is 0. The van der Waals surface area contributed by atoms with Crippen LogP contribution in [-0.2, 0) is 11.2 Å². The summed E-state index contributed by atoms with van der Waals surface area (Å²) < 4.78 is 5.89. The van der Waals surface area contributed by atoms with Crippen molar-refractivity contribution in [1.29, 1.82) is 0 Å². The van der Waals surface area contributed by atoms with E-state index in [2.05, 4.69) is 12.1 Å². The van der Waals surface area contributed by atoms with Crippen LogP contribution >= 0.6 is 0 Å². The fourth-order valence-electron chi connectivity index (χ4n) is 2.99. The van der Waals surface area contributed by atoms with E-state index in [1.165, 1.54) is 17.6 Å². The summed E-state index contributed by atoms with van der Waals surface area (Å²) in [6.45, 7) is 0.667. The zero-order chi connectivity index (χ0) is 13.9. The van der Waals surface area contributed by atoms with Gasteiger partial charge in [-0.3, -0.25) is 4.79 Å². The van der Waals surface area contributed by atoms with Crippen molar-refractivity contribution in [2.24, 2.45) is 0 Å². The molecule has 3 rings (SSSR count). The Hall–Kier alpha value is -1.77. The number of hydrogen-bond donors (Lipinski definition) is 0. The highest BCUT2D eigenvalue weighted by Crippen LogP contribution is 2.28. The predicted molar refractivity (Wildman–Crippen MR) is 78.8 cm³/mol. The number of likely N-dealkylation sites (N-methyl/N-ethyl adjacent to an activating group) is 1. The molecule has 0 radical (unpaired) electrons. The van der Waals surface area contributed by atoms with Crippen LogP contribution in [0.2, 0.25) is 0 Å². The summed E-state index contributed by atoms with van der Waals surface area (Å²) in [6, 6.07) is 8.12. The van der Waals surface area contributed by atoms with Crippen LogP contribution in [0, 0.1) is 0 Å². The average Bonchev–Trinajstić information content (AvgIpc) is 3.06. The molecule has 0 saturated carbocycles. The highest BCUT2D eigenvalue weighted by atomic mass is 16.5. The zero-order valence-corrected chi connectivity index (χ0v) is 12.0. The molecule has 1 unspecified atom stereocenters. The van der Waals surface area contributed by atoms with Crippen molar-refractivity contribution in [3.8, 4) is 5.75 Å². The van der Waals surface area contributed by atoms with Gasteiger partial charge in [0.25, 0.3) is 0 Å². The van der Waals surface area contributed by atoms with Gasteiger partial charge in [0.2, 0.25) is 5.91 Å². The fraction of sp³-hybridized carbons (Fsp3) is 0.471. The fourth-order valence-corrected chi connectivity index (χ4v) is 2.99. The number of amides is 1. The van der Waals surface area contributed by atoms with Crippen LogP contribution in [-0.4, -0.2) is 30.5 Å². The lowest BCUT2D eigenvalue weighted by atomic mass is 10.1. The molecule has 106 valence electrons. The summed E-state index contributed by atoms with van der Waals surface area (Å²) in [5.74, 6) is 1.18. The van der Waals surface area contributed by atoms with E-state index >= 15 is 0 Å². The third kappa shape index (κ3) is 2.87. The topological polar surface area (TPSA) is 29.5 Å². The van der Waals surface area contributed by atoms with Crippen LogP contribution < -0.4 is 4.74 Å². The maximum atomic E-state index is 12.2. The molecule has 1 aromatic carbocycles. The summed E-state index contributed by atoms with van der Waals surface area (Å²) in [5.41, 5.74) is 2.55. The molecule has 3 heteroatoms. The second kappa shape index (κ2) is 5.70. The Morgan fingerprint density at radius 3 is 3.00 bits per heavy atom. The van der Waals surface area contributed by atoms with Crippen LogP contribution in [0.4, 0.5) is 0 Å². The van der Waals surface area contributed by atoms with Crippen LogP contribution in [0.5, 0.6) is 5.75 Å². The van der Waals surface area contributed by atoms with E-state index in [-0.39, 0.29) is 12.0 Å². The largest absolute Gasteiger partial charge is 0.488 e. The summed E-state index contributed by atoms with van der Waals surface area (Å²) in [6.07, 6.45) is 7.21. The van der Waals surface area contributed by atoms with Crippen molar-refractivity contribution in [1.82, 2.24) is 4.90 Å². The molecule has 0 N–H and O–H groups in total. The number of rotatable bonds is 4. The number of benzene rings is 1. The van der Waals surface area contributed by atoms with E-state index in [4.69, 9.17) is 4.74 Å². The molecule has 1 aliphatic heterocycles. The van der Waals surface area contributed by atoms with E-state index in [0.29, 0.717) is 13.0 Å². The van der Waals surface area contributed by atoms with Gasteiger partial charge in [0.05, 0.1) is 6.54 Å². The third-order valence-corrected chi connectivity index (χ3v) is 4.13. The van der Waals surface area contributed by atoms with Crippen molar-refractivity contribution in [2.45, 2.75) is 38.2 Å². The summed E-state index contributed by atoms with van der Waals surface area (Å²) in [7, 11) is 1.88. The van der Waals surface area contributed by atoms with Crippen molar-refractivity contribution in [3.63, 3.8) is 0 Å². The van der Waals surface area contributed by atoms with E-state index in [1.807, 2.05) is 30.1 Å². The monoisotopic (exact) mass is 271 g/mol. The van der Waals surface area contributed by atoms with Gasteiger partial charge in [-0.15, -0.1) is 0 Å². The van der Waals surface area contributed by atoms with Gasteiger partial charge < -0.3 is 9.64 Å². The van der Waals surface area contributed by atoms with Crippen molar-refractivity contribution in [2.75, 3.05) is 13.6 Å². The molecule has 0 bridgehead atoms. The van der Waals surface area contributed by atoms with Crippen LogP contribution in [0.3, 0.4) is 0 Å². The quantitative estimate of drug-likeness (QED) is 0.788. The van der Waals surface area contributed by atoms with Crippen molar-refractivity contribution >= 4 is 5.91 Å². The Balaban J connectivity index is 1.52. The first-order valence-corrected chi connectivity index (χ1v) is 7.39. The minimum atomic E-state index is 0.0962. The van der Waals surface area contributed by atoms with Gasteiger partial charge in [-0.2, -0.15) is 0 Å². The van der Waals surface area contributed by atoms with Crippen LogP contribution in [0.1, 0.15) is 31.2 Å². The molecule has 2 aliphatic rings. The Bertz CT molecular complexity index is 511. The molecule has 0 aromatic heterocycles.